The van der Waals surface area contributed by atoms with Gasteiger partial charge in [0.25, 0.3) is 0 Å². The second kappa shape index (κ2) is 4.47. The third-order valence-corrected chi connectivity index (χ3v) is 7.59. The molecule has 6 rings (SSSR count). The number of likely N-dealkylation sites (tertiary alicyclic amines) is 1. The molecule has 128 valence electrons. The quantitative estimate of drug-likeness (QED) is 0.874. The average molecular weight is 327 g/mol. The van der Waals surface area contributed by atoms with Gasteiger partial charge in [0.15, 0.2) is 11.5 Å². The van der Waals surface area contributed by atoms with Crippen LogP contribution in [-0.2, 0) is 11.8 Å². The second-order valence-electron chi connectivity index (χ2n) is 8.74. The fourth-order valence-electron chi connectivity index (χ4n) is 6.46. The maximum atomic E-state index is 10.7. The summed E-state index contributed by atoms with van der Waals surface area (Å²) in [6.45, 7) is 2.37. The monoisotopic (exact) mass is 327 g/mol. The Hall–Kier alpha value is -1.26. The first kappa shape index (κ1) is 14.0. The van der Waals surface area contributed by atoms with E-state index < -0.39 is 6.10 Å². The van der Waals surface area contributed by atoms with Gasteiger partial charge in [-0.1, -0.05) is 6.07 Å². The van der Waals surface area contributed by atoms with Crippen LogP contribution >= 0.6 is 0 Å². The molecule has 3 aliphatic carbocycles. The first-order chi connectivity index (χ1) is 11.7. The van der Waals surface area contributed by atoms with E-state index in [1.165, 1.54) is 30.5 Å². The lowest BCUT2D eigenvalue weighted by atomic mass is 9.51. The Morgan fingerprint density at radius 1 is 1.21 bits per heavy atom. The van der Waals surface area contributed by atoms with Crippen molar-refractivity contribution in [3.05, 3.63) is 23.3 Å². The van der Waals surface area contributed by atoms with Crippen LogP contribution in [0.2, 0.25) is 0 Å². The van der Waals surface area contributed by atoms with Gasteiger partial charge in [0.05, 0.1) is 6.10 Å². The van der Waals surface area contributed by atoms with Gasteiger partial charge in [-0.2, -0.15) is 0 Å². The van der Waals surface area contributed by atoms with Crippen molar-refractivity contribution in [3.63, 3.8) is 0 Å². The molecule has 1 aromatic rings. The predicted octanol–water partition coefficient (Wildman–Crippen LogP) is 2.20. The van der Waals surface area contributed by atoms with Crippen molar-refractivity contribution in [2.75, 3.05) is 13.1 Å². The highest BCUT2D eigenvalue weighted by molar-refractivity contribution is 5.60. The minimum absolute atomic E-state index is 0.0654. The number of aromatic hydroxyl groups is 1. The van der Waals surface area contributed by atoms with Crippen molar-refractivity contribution in [1.82, 2.24) is 4.90 Å². The third kappa shape index (κ3) is 1.57. The zero-order chi connectivity index (χ0) is 16.1. The van der Waals surface area contributed by atoms with Gasteiger partial charge in [0.2, 0.25) is 0 Å². The summed E-state index contributed by atoms with van der Waals surface area (Å²) < 4.78 is 6.23. The van der Waals surface area contributed by atoms with Crippen LogP contribution in [0, 0.1) is 11.8 Å². The van der Waals surface area contributed by atoms with Crippen molar-refractivity contribution < 1.29 is 14.9 Å². The number of benzene rings is 1. The van der Waals surface area contributed by atoms with Crippen LogP contribution in [0.1, 0.15) is 43.2 Å². The zero-order valence-corrected chi connectivity index (χ0v) is 13.9. The molecule has 5 atom stereocenters. The van der Waals surface area contributed by atoms with Gasteiger partial charge >= 0.3 is 0 Å². The first-order valence-electron chi connectivity index (χ1n) is 9.62. The van der Waals surface area contributed by atoms with E-state index >= 15 is 0 Å². The van der Waals surface area contributed by atoms with Gasteiger partial charge < -0.3 is 14.9 Å². The van der Waals surface area contributed by atoms with E-state index in [0.717, 1.165) is 38.1 Å². The zero-order valence-electron chi connectivity index (χ0n) is 13.9. The fourth-order valence-corrected chi connectivity index (χ4v) is 6.46. The SMILES string of the molecule is Oc1ccc2c3c1O[C@H]1[C@H](O)CC[C@H]4[C@@H](C2)N(CC2CC2)CC[C@@]341. The van der Waals surface area contributed by atoms with E-state index in [-0.39, 0.29) is 17.3 Å². The average Bonchev–Trinajstić information content (AvgIpc) is 3.32. The van der Waals surface area contributed by atoms with Crippen LogP contribution in [0.4, 0.5) is 0 Å². The Labute approximate surface area is 142 Å². The molecular formula is C20H25NO3. The van der Waals surface area contributed by atoms with E-state index in [1.807, 2.05) is 0 Å². The number of rotatable bonds is 2. The molecule has 2 heterocycles. The Morgan fingerprint density at radius 2 is 2.08 bits per heavy atom. The molecule has 2 aliphatic heterocycles. The highest BCUT2D eigenvalue weighted by atomic mass is 16.5. The summed E-state index contributed by atoms with van der Waals surface area (Å²) in [4.78, 5) is 2.75. The Kier molecular flexibility index (Phi) is 2.60. The molecule has 0 amide bonds. The number of aliphatic hydroxyl groups is 1. The maximum Gasteiger partial charge on any atom is 0.165 e. The largest absolute Gasteiger partial charge is 0.504 e. The number of ether oxygens (including phenoxy) is 1. The van der Waals surface area contributed by atoms with Gasteiger partial charge in [-0.3, -0.25) is 4.90 Å². The molecule has 1 saturated heterocycles. The number of phenolic OH excluding ortho intramolecular Hbond substituents is 1. The summed E-state index contributed by atoms with van der Waals surface area (Å²) in [6.07, 6.45) is 6.28. The Morgan fingerprint density at radius 3 is 2.92 bits per heavy atom. The summed E-state index contributed by atoms with van der Waals surface area (Å²) >= 11 is 0. The molecule has 3 fully saturated rings. The van der Waals surface area contributed by atoms with Gasteiger partial charge in [-0.25, -0.2) is 0 Å². The predicted molar refractivity (Wildman–Crippen MR) is 89.3 cm³/mol. The molecule has 0 aromatic heterocycles. The van der Waals surface area contributed by atoms with Gasteiger partial charge in [0.1, 0.15) is 6.10 Å². The highest BCUT2D eigenvalue weighted by Crippen LogP contribution is 2.63. The van der Waals surface area contributed by atoms with Crippen LogP contribution in [0.15, 0.2) is 12.1 Å². The smallest absolute Gasteiger partial charge is 0.165 e. The molecule has 4 heteroatoms. The van der Waals surface area contributed by atoms with Crippen LogP contribution in [0.25, 0.3) is 0 Å². The number of aliphatic hydroxyl groups excluding tert-OH is 1. The summed E-state index contributed by atoms with van der Waals surface area (Å²) in [5.74, 6) is 2.41. The Balaban J connectivity index is 1.52. The van der Waals surface area contributed by atoms with Gasteiger partial charge in [0, 0.05) is 23.6 Å². The lowest BCUT2D eigenvalue weighted by Gasteiger charge is -2.59. The number of hydrogen-bond acceptors (Lipinski definition) is 4. The van der Waals surface area contributed by atoms with Crippen molar-refractivity contribution in [3.8, 4) is 11.5 Å². The summed E-state index contributed by atoms with van der Waals surface area (Å²) in [7, 11) is 0. The van der Waals surface area contributed by atoms with Crippen LogP contribution in [0.5, 0.6) is 11.5 Å². The van der Waals surface area contributed by atoms with E-state index in [1.54, 1.807) is 6.07 Å². The van der Waals surface area contributed by atoms with E-state index in [0.29, 0.717) is 17.7 Å². The van der Waals surface area contributed by atoms with Crippen molar-refractivity contribution in [2.45, 2.75) is 62.2 Å². The molecular weight excluding hydrogens is 302 g/mol. The number of nitrogens with zero attached hydrogens (tertiary/aromatic N) is 1. The molecule has 5 aliphatic rings. The lowest BCUT2D eigenvalue weighted by molar-refractivity contribution is -0.105. The summed E-state index contributed by atoms with van der Waals surface area (Å²) in [5, 5.41) is 21.0. The van der Waals surface area contributed by atoms with Crippen molar-refractivity contribution >= 4 is 0 Å². The summed E-state index contributed by atoms with van der Waals surface area (Å²) in [6, 6.07) is 4.48. The summed E-state index contributed by atoms with van der Waals surface area (Å²) in [5.41, 5.74) is 2.53. The molecule has 0 radical (unpaired) electrons. The minimum atomic E-state index is -0.408. The maximum absolute atomic E-state index is 10.7. The fraction of sp³-hybridized carbons (Fsp3) is 0.700. The van der Waals surface area contributed by atoms with E-state index in [9.17, 15) is 10.2 Å². The molecule has 0 unspecified atom stereocenters. The van der Waals surface area contributed by atoms with Crippen LogP contribution in [-0.4, -0.2) is 46.5 Å². The number of hydrogen-bond donors (Lipinski definition) is 2. The molecule has 24 heavy (non-hydrogen) atoms. The molecule has 1 spiro atoms. The van der Waals surface area contributed by atoms with Gasteiger partial charge in [-0.15, -0.1) is 0 Å². The van der Waals surface area contributed by atoms with Crippen molar-refractivity contribution in [2.24, 2.45) is 11.8 Å². The first-order valence-corrected chi connectivity index (χ1v) is 9.62. The standard InChI is InChI=1S/C20H25NO3/c22-15-5-3-12-9-14-13-4-6-16(23)19-20(13,17(12)18(15)24-19)7-8-21(14)10-11-1-2-11/h3,5,11,13-14,16,19,22-23H,1-2,4,6-10H2/t13-,14+,16+,19-,20-/m0/s1. The number of piperidine rings is 1. The van der Waals surface area contributed by atoms with Crippen LogP contribution in [0.3, 0.4) is 0 Å². The van der Waals surface area contributed by atoms with Crippen molar-refractivity contribution in [1.29, 1.82) is 0 Å². The lowest BCUT2D eigenvalue weighted by Crippen LogP contribution is -2.67. The van der Waals surface area contributed by atoms with E-state index in [2.05, 4.69) is 11.0 Å². The Bertz CT molecular complexity index is 715. The van der Waals surface area contributed by atoms with E-state index in [4.69, 9.17) is 4.74 Å². The molecule has 2 saturated carbocycles. The second-order valence-corrected chi connectivity index (χ2v) is 8.74. The minimum Gasteiger partial charge on any atom is -0.504 e. The highest BCUT2D eigenvalue weighted by Gasteiger charge is 2.65. The third-order valence-electron chi connectivity index (χ3n) is 7.59. The normalized spacial score (nSPS) is 42.5. The van der Waals surface area contributed by atoms with Crippen LogP contribution < -0.4 is 4.74 Å². The van der Waals surface area contributed by atoms with Gasteiger partial charge in [-0.05, 0) is 68.5 Å². The number of phenols is 1. The topological polar surface area (TPSA) is 52.9 Å². The molecule has 2 N–H and O–H groups in total. The molecule has 1 aromatic carbocycles. The molecule has 4 nitrogen and oxygen atoms in total. The molecule has 2 bridgehead atoms.